The molecule has 0 bridgehead atoms. The first kappa shape index (κ1) is 13.4. The van der Waals surface area contributed by atoms with Gasteiger partial charge in [-0.3, -0.25) is 0 Å². The molecule has 0 spiro atoms. The maximum Gasteiger partial charge on any atom is 0.100 e. The van der Waals surface area contributed by atoms with Crippen LogP contribution in [0.15, 0.2) is 22.7 Å². The van der Waals surface area contributed by atoms with Crippen LogP contribution in [0.1, 0.15) is 25.3 Å². The molecular weight excluding hydrogens is 290 g/mol. The first-order valence-electron chi connectivity index (χ1n) is 6.37. The number of anilines is 1. The lowest BCUT2D eigenvalue weighted by molar-refractivity contribution is 0.347. The van der Waals surface area contributed by atoms with E-state index < -0.39 is 0 Å². The third kappa shape index (κ3) is 3.24. The van der Waals surface area contributed by atoms with Crippen molar-refractivity contribution in [2.45, 2.75) is 25.8 Å². The Labute approximate surface area is 117 Å². The molecule has 1 heterocycles. The minimum atomic E-state index is 0.442. The quantitative estimate of drug-likeness (QED) is 0.902. The van der Waals surface area contributed by atoms with Gasteiger partial charge in [0.25, 0.3) is 0 Å². The molecule has 1 saturated heterocycles. The minimum Gasteiger partial charge on any atom is -0.382 e. The molecule has 0 saturated carbocycles. The molecule has 1 aromatic rings. The van der Waals surface area contributed by atoms with Gasteiger partial charge in [-0.2, -0.15) is 5.26 Å². The van der Waals surface area contributed by atoms with Gasteiger partial charge in [-0.25, -0.2) is 0 Å². The normalized spacial score (nSPS) is 21.1. The van der Waals surface area contributed by atoms with Gasteiger partial charge >= 0.3 is 0 Å². The van der Waals surface area contributed by atoms with E-state index in [4.69, 9.17) is 5.26 Å². The molecule has 3 nitrogen and oxygen atoms in total. The van der Waals surface area contributed by atoms with E-state index in [2.05, 4.69) is 39.6 Å². The summed E-state index contributed by atoms with van der Waals surface area (Å²) >= 11 is 3.42. The van der Waals surface area contributed by atoms with Gasteiger partial charge in [0.1, 0.15) is 6.07 Å². The van der Waals surface area contributed by atoms with Crippen LogP contribution in [0.2, 0.25) is 0 Å². The average Bonchev–Trinajstić information content (AvgIpc) is 2.40. The third-order valence-electron chi connectivity index (χ3n) is 3.53. The number of rotatable bonds is 3. The fourth-order valence-electron chi connectivity index (χ4n) is 2.38. The van der Waals surface area contributed by atoms with E-state index in [9.17, 15) is 0 Å². The van der Waals surface area contributed by atoms with Crippen molar-refractivity contribution in [3.63, 3.8) is 0 Å². The maximum absolute atomic E-state index is 8.89. The molecule has 1 aliphatic heterocycles. The summed E-state index contributed by atoms with van der Waals surface area (Å²) < 4.78 is 0.851. The Hall–Kier alpha value is -1.05. The molecule has 2 rings (SSSR count). The number of halogens is 1. The number of nitriles is 1. The molecular formula is C14H18BrN3. The van der Waals surface area contributed by atoms with Crippen LogP contribution in [-0.4, -0.2) is 19.1 Å². The van der Waals surface area contributed by atoms with Crippen molar-refractivity contribution in [1.29, 1.82) is 5.26 Å². The van der Waals surface area contributed by atoms with Gasteiger partial charge in [0.05, 0.1) is 5.56 Å². The molecule has 2 unspecified atom stereocenters. The molecule has 2 atom stereocenters. The highest BCUT2D eigenvalue weighted by Crippen LogP contribution is 2.23. The fourth-order valence-corrected chi connectivity index (χ4v) is 2.85. The van der Waals surface area contributed by atoms with E-state index in [-0.39, 0.29) is 0 Å². The summed E-state index contributed by atoms with van der Waals surface area (Å²) in [4.78, 5) is 0. The predicted molar refractivity (Wildman–Crippen MR) is 77.5 cm³/mol. The summed E-state index contributed by atoms with van der Waals surface area (Å²) in [6.07, 6.45) is 2.53. The Morgan fingerprint density at radius 1 is 1.56 bits per heavy atom. The highest BCUT2D eigenvalue weighted by atomic mass is 79.9. The van der Waals surface area contributed by atoms with Gasteiger partial charge < -0.3 is 10.6 Å². The molecule has 0 amide bonds. The van der Waals surface area contributed by atoms with Crippen molar-refractivity contribution in [1.82, 2.24) is 5.32 Å². The van der Waals surface area contributed by atoms with Crippen LogP contribution < -0.4 is 10.6 Å². The van der Waals surface area contributed by atoms with Gasteiger partial charge in [-0.05, 0) is 72.9 Å². The van der Waals surface area contributed by atoms with Crippen LogP contribution in [0.4, 0.5) is 5.69 Å². The third-order valence-corrected chi connectivity index (χ3v) is 4.18. The number of hydrogen-bond acceptors (Lipinski definition) is 3. The van der Waals surface area contributed by atoms with E-state index in [0.717, 1.165) is 23.2 Å². The molecule has 1 aliphatic rings. The Kier molecular flexibility index (Phi) is 4.62. The van der Waals surface area contributed by atoms with Crippen LogP contribution in [0.25, 0.3) is 0 Å². The summed E-state index contributed by atoms with van der Waals surface area (Å²) in [5, 5.41) is 15.8. The fraction of sp³-hybridized carbons (Fsp3) is 0.500. The second-order valence-corrected chi connectivity index (χ2v) is 5.70. The molecule has 1 fully saturated rings. The zero-order chi connectivity index (χ0) is 13.0. The van der Waals surface area contributed by atoms with E-state index in [0.29, 0.717) is 17.5 Å². The predicted octanol–water partition coefficient (Wildman–Crippen LogP) is 3.12. The van der Waals surface area contributed by atoms with Crippen LogP contribution in [0.3, 0.4) is 0 Å². The smallest absolute Gasteiger partial charge is 0.100 e. The highest BCUT2D eigenvalue weighted by Gasteiger charge is 2.19. The Balaban J connectivity index is 2.00. The standard InChI is InChI=1S/C14H18BrN3/c1-10(12-3-2-6-17-9-12)18-13-5-4-11(8-16)14(15)7-13/h4-5,7,10,12,17-18H,2-3,6,9H2,1H3. The zero-order valence-electron chi connectivity index (χ0n) is 10.5. The van der Waals surface area contributed by atoms with E-state index in [1.165, 1.54) is 12.8 Å². The van der Waals surface area contributed by atoms with Crippen LogP contribution >= 0.6 is 15.9 Å². The largest absolute Gasteiger partial charge is 0.382 e. The lowest BCUT2D eigenvalue weighted by atomic mass is 9.92. The van der Waals surface area contributed by atoms with Crippen molar-refractivity contribution >= 4 is 21.6 Å². The summed E-state index contributed by atoms with van der Waals surface area (Å²) in [6.45, 7) is 4.46. The number of nitrogens with one attached hydrogen (secondary N) is 2. The molecule has 0 aliphatic carbocycles. The topological polar surface area (TPSA) is 47.9 Å². The molecule has 1 aromatic carbocycles. The summed E-state index contributed by atoms with van der Waals surface area (Å²) in [7, 11) is 0. The number of hydrogen-bond donors (Lipinski definition) is 2. The van der Waals surface area contributed by atoms with Gasteiger partial charge in [-0.15, -0.1) is 0 Å². The summed E-state index contributed by atoms with van der Waals surface area (Å²) in [5.41, 5.74) is 1.74. The molecule has 96 valence electrons. The van der Waals surface area contributed by atoms with E-state index >= 15 is 0 Å². The van der Waals surface area contributed by atoms with Crippen molar-refractivity contribution in [3.8, 4) is 6.07 Å². The van der Waals surface area contributed by atoms with Crippen LogP contribution in [0, 0.1) is 17.2 Å². The average molecular weight is 308 g/mol. The second kappa shape index (κ2) is 6.21. The van der Waals surface area contributed by atoms with Gasteiger partial charge in [0, 0.05) is 16.2 Å². The van der Waals surface area contributed by atoms with Gasteiger partial charge in [0.2, 0.25) is 0 Å². The van der Waals surface area contributed by atoms with Crippen molar-refractivity contribution in [3.05, 3.63) is 28.2 Å². The maximum atomic E-state index is 8.89. The molecule has 0 radical (unpaired) electrons. The number of benzene rings is 1. The first-order chi connectivity index (χ1) is 8.70. The Bertz CT molecular complexity index is 447. The number of piperidine rings is 1. The van der Waals surface area contributed by atoms with Crippen molar-refractivity contribution in [2.75, 3.05) is 18.4 Å². The van der Waals surface area contributed by atoms with Crippen molar-refractivity contribution < 1.29 is 0 Å². The number of nitrogens with zero attached hydrogens (tertiary/aromatic N) is 1. The Morgan fingerprint density at radius 3 is 3.00 bits per heavy atom. The minimum absolute atomic E-state index is 0.442. The van der Waals surface area contributed by atoms with Crippen LogP contribution in [0.5, 0.6) is 0 Å². The molecule has 2 N–H and O–H groups in total. The monoisotopic (exact) mass is 307 g/mol. The lowest BCUT2D eigenvalue weighted by Crippen LogP contribution is -2.38. The van der Waals surface area contributed by atoms with Gasteiger partial charge in [0.15, 0.2) is 0 Å². The summed E-state index contributed by atoms with van der Waals surface area (Å²) in [6, 6.07) is 8.39. The Morgan fingerprint density at radius 2 is 2.39 bits per heavy atom. The second-order valence-electron chi connectivity index (χ2n) is 4.85. The molecule has 18 heavy (non-hydrogen) atoms. The SMILES string of the molecule is CC(Nc1ccc(C#N)c(Br)c1)C1CCCNC1. The summed E-state index contributed by atoms with van der Waals surface area (Å²) in [5.74, 6) is 0.674. The van der Waals surface area contributed by atoms with E-state index in [1.54, 1.807) is 0 Å². The highest BCUT2D eigenvalue weighted by molar-refractivity contribution is 9.10. The van der Waals surface area contributed by atoms with Gasteiger partial charge in [-0.1, -0.05) is 0 Å². The van der Waals surface area contributed by atoms with Crippen molar-refractivity contribution in [2.24, 2.45) is 5.92 Å². The molecule has 0 aromatic heterocycles. The van der Waals surface area contributed by atoms with E-state index in [1.807, 2.05) is 18.2 Å². The first-order valence-corrected chi connectivity index (χ1v) is 7.17. The molecule has 4 heteroatoms. The lowest BCUT2D eigenvalue weighted by Gasteiger charge is -2.29. The van der Waals surface area contributed by atoms with Crippen LogP contribution in [-0.2, 0) is 0 Å². The zero-order valence-corrected chi connectivity index (χ0v) is 12.1.